The number of pyridine rings is 2. The molecule has 6 heteroatoms. The fourth-order valence-corrected chi connectivity index (χ4v) is 2.03. The minimum atomic E-state index is -0.695. The maximum Gasteiger partial charge on any atom is 0.349 e. The van der Waals surface area contributed by atoms with E-state index in [1.165, 1.54) is 0 Å². The van der Waals surface area contributed by atoms with Gasteiger partial charge >= 0.3 is 11.9 Å². The molecule has 0 N–H and O–H groups in total. The predicted octanol–water partition coefficient (Wildman–Crippen LogP) is 1.23. The largest absolute Gasteiger partial charge is 0.386 e. The lowest BCUT2D eigenvalue weighted by atomic mass is 10.0. The summed E-state index contributed by atoms with van der Waals surface area (Å²) >= 11 is 0. The molecule has 0 aliphatic carbocycles. The van der Waals surface area contributed by atoms with Gasteiger partial charge in [-0.1, -0.05) is 0 Å². The van der Waals surface area contributed by atoms with Crippen LogP contribution in [0.1, 0.15) is 16.1 Å². The summed E-state index contributed by atoms with van der Waals surface area (Å²) in [5.74, 6) is -1.38. The molecule has 0 bridgehead atoms. The number of ether oxygens (including phenoxy) is 1. The van der Waals surface area contributed by atoms with Crippen LogP contribution < -0.4 is 0 Å². The Balaban J connectivity index is 2.31. The molecule has 2 aromatic heterocycles. The lowest BCUT2D eigenvalue weighted by molar-refractivity contribution is -0.131. The average molecular weight is 269 g/mol. The third-order valence-corrected chi connectivity index (χ3v) is 2.86. The van der Waals surface area contributed by atoms with E-state index in [0.29, 0.717) is 11.3 Å². The van der Waals surface area contributed by atoms with Crippen molar-refractivity contribution in [2.45, 2.75) is 0 Å². The number of fused-ring (bicyclic) bond motifs is 2. The first-order chi connectivity index (χ1) is 9.56. The zero-order chi connectivity index (χ0) is 14.3. The number of rotatable bonds is 1. The van der Waals surface area contributed by atoms with Crippen molar-refractivity contribution in [1.82, 2.24) is 14.9 Å². The van der Waals surface area contributed by atoms with Crippen LogP contribution in [-0.4, -0.2) is 40.9 Å². The molecule has 0 saturated carbocycles. The minimum absolute atomic E-state index is 0.247. The van der Waals surface area contributed by atoms with Crippen LogP contribution in [-0.2, 0) is 9.53 Å². The first-order valence-electron chi connectivity index (χ1n) is 5.97. The maximum atomic E-state index is 11.8. The van der Waals surface area contributed by atoms with Gasteiger partial charge in [0, 0.05) is 31.9 Å². The predicted molar refractivity (Wildman–Crippen MR) is 71.6 cm³/mol. The Morgan fingerprint density at radius 2 is 2.05 bits per heavy atom. The quantitative estimate of drug-likeness (QED) is 0.440. The van der Waals surface area contributed by atoms with Crippen LogP contribution in [0.15, 0.2) is 30.6 Å². The lowest BCUT2D eigenvalue weighted by Gasteiger charge is -2.18. The van der Waals surface area contributed by atoms with E-state index < -0.39 is 11.9 Å². The van der Waals surface area contributed by atoms with Crippen molar-refractivity contribution in [3.05, 3.63) is 41.9 Å². The van der Waals surface area contributed by atoms with Gasteiger partial charge in [0.2, 0.25) is 0 Å². The first kappa shape index (κ1) is 12.3. The number of hydrogen-bond acceptors (Lipinski definition) is 6. The van der Waals surface area contributed by atoms with E-state index in [9.17, 15) is 9.59 Å². The van der Waals surface area contributed by atoms with E-state index in [0.717, 1.165) is 5.39 Å². The Morgan fingerprint density at radius 1 is 1.25 bits per heavy atom. The molecule has 0 unspecified atom stereocenters. The summed E-state index contributed by atoms with van der Waals surface area (Å²) in [6.45, 7) is 0. The van der Waals surface area contributed by atoms with E-state index in [1.807, 2.05) is 0 Å². The number of cyclic esters (lactones) is 2. The van der Waals surface area contributed by atoms with E-state index in [-0.39, 0.29) is 11.1 Å². The molecule has 3 heterocycles. The highest BCUT2D eigenvalue weighted by Crippen LogP contribution is 2.27. The molecule has 100 valence electrons. The smallest absolute Gasteiger partial charge is 0.349 e. The van der Waals surface area contributed by atoms with E-state index in [2.05, 4.69) is 9.97 Å². The Morgan fingerprint density at radius 3 is 2.80 bits per heavy atom. The Labute approximate surface area is 114 Å². The van der Waals surface area contributed by atoms with Crippen LogP contribution in [0.2, 0.25) is 0 Å². The van der Waals surface area contributed by atoms with Gasteiger partial charge in [-0.3, -0.25) is 0 Å². The standard InChI is InChI=1S/C14H11N3O3/c1-17(2)7-10-11-9(13(18)20-14(10)19)6-8-4-3-5-15-12(8)16-11/h3-7H,1-2H3. The van der Waals surface area contributed by atoms with Crippen LogP contribution in [0, 0.1) is 0 Å². The number of hydrogen-bond donors (Lipinski definition) is 0. The molecule has 3 rings (SSSR count). The third kappa shape index (κ3) is 1.91. The average Bonchev–Trinajstić information content (AvgIpc) is 2.41. The molecule has 0 saturated heterocycles. The van der Waals surface area contributed by atoms with Gasteiger partial charge in [0.1, 0.15) is 5.57 Å². The van der Waals surface area contributed by atoms with E-state index in [4.69, 9.17) is 4.74 Å². The van der Waals surface area contributed by atoms with Gasteiger partial charge < -0.3 is 9.64 Å². The highest BCUT2D eigenvalue weighted by Gasteiger charge is 2.31. The molecular weight excluding hydrogens is 258 g/mol. The third-order valence-electron chi connectivity index (χ3n) is 2.86. The van der Waals surface area contributed by atoms with Gasteiger partial charge in [-0.15, -0.1) is 0 Å². The Kier molecular flexibility index (Phi) is 2.71. The summed E-state index contributed by atoms with van der Waals surface area (Å²) in [6.07, 6.45) is 3.19. The highest BCUT2D eigenvalue weighted by atomic mass is 16.6. The molecule has 0 aromatic carbocycles. The maximum absolute atomic E-state index is 11.8. The normalized spacial score (nSPS) is 16.2. The second kappa shape index (κ2) is 4.41. The molecule has 6 nitrogen and oxygen atoms in total. The molecule has 20 heavy (non-hydrogen) atoms. The summed E-state index contributed by atoms with van der Waals surface area (Å²) in [5.41, 5.74) is 1.32. The number of esters is 2. The molecule has 0 radical (unpaired) electrons. The summed E-state index contributed by atoms with van der Waals surface area (Å²) in [7, 11) is 3.55. The number of aromatic nitrogens is 2. The van der Waals surface area contributed by atoms with Gasteiger partial charge in [0.05, 0.1) is 11.3 Å². The van der Waals surface area contributed by atoms with Crippen LogP contribution in [0.5, 0.6) is 0 Å². The molecule has 1 aliphatic heterocycles. The second-order valence-corrected chi connectivity index (χ2v) is 4.62. The van der Waals surface area contributed by atoms with Gasteiger partial charge in [0.15, 0.2) is 5.65 Å². The van der Waals surface area contributed by atoms with Crippen LogP contribution in [0.25, 0.3) is 16.6 Å². The Bertz CT molecular complexity index is 765. The van der Waals surface area contributed by atoms with Gasteiger partial charge in [-0.2, -0.15) is 0 Å². The molecule has 0 spiro atoms. The second-order valence-electron chi connectivity index (χ2n) is 4.62. The monoisotopic (exact) mass is 269 g/mol. The minimum Gasteiger partial charge on any atom is -0.386 e. The molecule has 2 aromatic rings. The molecule has 0 atom stereocenters. The molecule has 0 fully saturated rings. The van der Waals surface area contributed by atoms with Gasteiger partial charge in [0.25, 0.3) is 0 Å². The van der Waals surface area contributed by atoms with Crippen molar-refractivity contribution in [2.24, 2.45) is 0 Å². The summed E-state index contributed by atoms with van der Waals surface area (Å²) in [6, 6.07) is 5.20. The van der Waals surface area contributed by atoms with Crippen molar-refractivity contribution in [1.29, 1.82) is 0 Å². The van der Waals surface area contributed by atoms with Crippen molar-refractivity contribution < 1.29 is 14.3 Å². The lowest BCUT2D eigenvalue weighted by Crippen LogP contribution is -2.24. The van der Waals surface area contributed by atoms with E-state index >= 15 is 0 Å². The van der Waals surface area contributed by atoms with Crippen molar-refractivity contribution in [3.8, 4) is 0 Å². The number of carbonyl (C=O) groups excluding carboxylic acids is 2. The highest BCUT2D eigenvalue weighted by molar-refractivity contribution is 6.25. The fraction of sp³-hybridized carbons (Fsp3) is 0.143. The summed E-state index contributed by atoms with van der Waals surface area (Å²) in [5, 5.41) is 0.724. The zero-order valence-electron chi connectivity index (χ0n) is 11.0. The van der Waals surface area contributed by atoms with Crippen LogP contribution >= 0.6 is 0 Å². The Hall–Kier alpha value is -2.76. The first-order valence-corrected chi connectivity index (χ1v) is 5.97. The molecule has 1 aliphatic rings. The number of nitrogens with zero attached hydrogens (tertiary/aromatic N) is 3. The van der Waals surface area contributed by atoms with Crippen molar-refractivity contribution >= 4 is 28.5 Å². The van der Waals surface area contributed by atoms with Crippen molar-refractivity contribution in [3.63, 3.8) is 0 Å². The fourth-order valence-electron chi connectivity index (χ4n) is 2.03. The zero-order valence-corrected chi connectivity index (χ0v) is 11.0. The van der Waals surface area contributed by atoms with Crippen molar-refractivity contribution in [2.75, 3.05) is 14.1 Å². The van der Waals surface area contributed by atoms with E-state index in [1.54, 1.807) is 49.6 Å². The van der Waals surface area contributed by atoms with Crippen LogP contribution in [0.3, 0.4) is 0 Å². The molecular formula is C14H11N3O3. The van der Waals surface area contributed by atoms with Gasteiger partial charge in [-0.25, -0.2) is 19.6 Å². The topological polar surface area (TPSA) is 72.4 Å². The number of carbonyl (C=O) groups is 2. The van der Waals surface area contributed by atoms with Crippen LogP contribution in [0.4, 0.5) is 0 Å². The SMILES string of the molecule is CN(C)C=C1C(=O)OC(=O)c2cc3cccnc3nc21. The molecule has 0 amide bonds. The van der Waals surface area contributed by atoms with Gasteiger partial charge in [-0.05, 0) is 18.2 Å². The summed E-state index contributed by atoms with van der Waals surface area (Å²) < 4.78 is 4.74. The summed E-state index contributed by atoms with van der Waals surface area (Å²) in [4.78, 5) is 33.8.